The van der Waals surface area contributed by atoms with Crippen molar-refractivity contribution in [3.05, 3.63) is 35.9 Å². The van der Waals surface area contributed by atoms with Gasteiger partial charge in [-0.15, -0.1) is 0 Å². The van der Waals surface area contributed by atoms with Crippen LogP contribution in [0.15, 0.2) is 35.4 Å². The molecule has 0 bridgehead atoms. The Kier molecular flexibility index (Phi) is 5.01. The predicted octanol–water partition coefficient (Wildman–Crippen LogP) is 0.602. The van der Waals surface area contributed by atoms with Crippen molar-refractivity contribution in [2.75, 3.05) is 6.54 Å². The molecule has 0 atom stereocenters. The fourth-order valence-corrected chi connectivity index (χ4v) is 1.27. The van der Waals surface area contributed by atoms with E-state index in [-0.39, 0.29) is 0 Å². The summed E-state index contributed by atoms with van der Waals surface area (Å²) in [6.45, 7) is 0.313. The third kappa shape index (κ3) is 4.56. The van der Waals surface area contributed by atoms with E-state index in [9.17, 15) is 4.79 Å². The zero-order valence-corrected chi connectivity index (χ0v) is 9.02. The predicted molar refractivity (Wildman–Crippen MR) is 64.0 cm³/mol. The molecular weight excluding hydrogens is 204 g/mol. The van der Waals surface area contributed by atoms with Gasteiger partial charge in [0.25, 0.3) is 0 Å². The van der Waals surface area contributed by atoms with Crippen LogP contribution >= 0.6 is 0 Å². The third-order valence-electron chi connectivity index (χ3n) is 2.10. The Balaban J connectivity index is 2.46. The molecule has 0 radical (unpaired) electrons. The van der Waals surface area contributed by atoms with Crippen LogP contribution in [0.5, 0.6) is 0 Å². The van der Waals surface area contributed by atoms with Gasteiger partial charge >= 0.3 is 6.03 Å². The SMILES string of the molecule is NCC(CCc1ccccc1)=NNC(N)=O. The van der Waals surface area contributed by atoms with Gasteiger partial charge < -0.3 is 11.5 Å². The molecule has 0 aromatic heterocycles. The molecule has 0 spiro atoms. The van der Waals surface area contributed by atoms with Gasteiger partial charge in [-0.1, -0.05) is 30.3 Å². The highest BCUT2D eigenvalue weighted by Gasteiger charge is 1.99. The Morgan fingerprint density at radius 2 is 2.00 bits per heavy atom. The van der Waals surface area contributed by atoms with Gasteiger partial charge in [0.15, 0.2) is 0 Å². The number of hydrogen-bond donors (Lipinski definition) is 3. The number of carbonyl (C=O) groups excluding carboxylic acids is 1. The van der Waals surface area contributed by atoms with Crippen molar-refractivity contribution in [1.82, 2.24) is 5.43 Å². The molecule has 5 N–H and O–H groups in total. The van der Waals surface area contributed by atoms with Crippen molar-refractivity contribution in [3.63, 3.8) is 0 Å². The summed E-state index contributed by atoms with van der Waals surface area (Å²) in [7, 11) is 0. The van der Waals surface area contributed by atoms with E-state index in [1.807, 2.05) is 30.3 Å². The molecule has 1 aromatic rings. The first-order chi connectivity index (χ1) is 7.72. The van der Waals surface area contributed by atoms with Gasteiger partial charge in [0, 0.05) is 6.54 Å². The molecule has 0 aliphatic rings. The highest BCUT2D eigenvalue weighted by molar-refractivity contribution is 5.87. The van der Waals surface area contributed by atoms with Crippen LogP contribution in [0.3, 0.4) is 0 Å². The summed E-state index contributed by atoms with van der Waals surface area (Å²) in [6.07, 6.45) is 1.55. The fourth-order valence-electron chi connectivity index (χ4n) is 1.27. The number of primary amides is 1. The first-order valence-electron chi connectivity index (χ1n) is 5.07. The summed E-state index contributed by atoms with van der Waals surface area (Å²) in [5, 5.41) is 3.82. The lowest BCUT2D eigenvalue weighted by Gasteiger charge is -2.03. The van der Waals surface area contributed by atoms with Crippen molar-refractivity contribution >= 4 is 11.7 Å². The number of nitrogens with one attached hydrogen (secondary N) is 1. The second kappa shape index (κ2) is 6.58. The molecule has 16 heavy (non-hydrogen) atoms. The van der Waals surface area contributed by atoms with Crippen LogP contribution in [0, 0.1) is 0 Å². The average Bonchev–Trinajstić information content (AvgIpc) is 2.30. The van der Waals surface area contributed by atoms with Gasteiger partial charge in [-0.3, -0.25) is 0 Å². The topological polar surface area (TPSA) is 93.5 Å². The maximum Gasteiger partial charge on any atom is 0.332 e. The molecule has 0 saturated heterocycles. The monoisotopic (exact) mass is 220 g/mol. The van der Waals surface area contributed by atoms with E-state index in [4.69, 9.17) is 11.5 Å². The maximum atomic E-state index is 10.5. The number of benzene rings is 1. The van der Waals surface area contributed by atoms with Crippen LogP contribution in [-0.4, -0.2) is 18.3 Å². The van der Waals surface area contributed by atoms with Gasteiger partial charge in [-0.25, -0.2) is 10.2 Å². The highest BCUT2D eigenvalue weighted by Crippen LogP contribution is 2.02. The summed E-state index contributed by atoms with van der Waals surface area (Å²) >= 11 is 0. The summed E-state index contributed by atoms with van der Waals surface area (Å²) in [5.74, 6) is 0. The maximum absolute atomic E-state index is 10.5. The van der Waals surface area contributed by atoms with E-state index in [1.54, 1.807) is 0 Å². The van der Waals surface area contributed by atoms with Crippen LogP contribution in [0.25, 0.3) is 0 Å². The van der Waals surface area contributed by atoms with E-state index in [0.717, 1.165) is 12.1 Å². The Hall–Kier alpha value is -1.88. The largest absolute Gasteiger partial charge is 0.350 e. The lowest BCUT2D eigenvalue weighted by molar-refractivity contribution is 0.249. The van der Waals surface area contributed by atoms with Gasteiger partial charge in [0.1, 0.15) is 0 Å². The molecule has 86 valence electrons. The normalized spacial score (nSPS) is 11.2. The summed E-state index contributed by atoms with van der Waals surface area (Å²) in [5.41, 5.74) is 14.5. The van der Waals surface area contributed by atoms with Crippen LogP contribution in [0.2, 0.25) is 0 Å². The molecule has 2 amide bonds. The number of aryl methyl sites for hydroxylation is 1. The minimum absolute atomic E-state index is 0.313. The lowest BCUT2D eigenvalue weighted by atomic mass is 10.1. The van der Waals surface area contributed by atoms with E-state index < -0.39 is 6.03 Å². The number of rotatable bonds is 5. The van der Waals surface area contributed by atoms with E-state index in [0.29, 0.717) is 13.0 Å². The van der Waals surface area contributed by atoms with E-state index in [2.05, 4.69) is 10.5 Å². The third-order valence-corrected chi connectivity index (χ3v) is 2.10. The molecule has 0 saturated carbocycles. The quantitative estimate of drug-likeness (QED) is 0.500. The molecule has 1 aromatic carbocycles. The number of hydrazone groups is 1. The Bertz CT molecular complexity index is 362. The smallest absolute Gasteiger partial charge is 0.332 e. The van der Waals surface area contributed by atoms with E-state index >= 15 is 0 Å². The van der Waals surface area contributed by atoms with Gasteiger partial charge in [0.05, 0.1) is 5.71 Å². The van der Waals surface area contributed by atoms with Crippen LogP contribution < -0.4 is 16.9 Å². The van der Waals surface area contributed by atoms with Crippen molar-refractivity contribution < 1.29 is 4.79 Å². The van der Waals surface area contributed by atoms with Crippen molar-refractivity contribution in [3.8, 4) is 0 Å². The Morgan fingerprint density at radius 1 is 1.31 bits per heavy atom. The van der Waals surface area contributed by atoms with Crippen LogP contribution in [0.1, 0.15) is 12.0 Å². The Morgan fingerprint density at radius 3 is 2.56 bits per heavy atom. The summed E-state index contributed by atoms with van der Waals surface area (Å²) < 4.78 is 0. The number of nitrogens with zero attached hydrogens (tertiary/aromatic N) is 1. The standard InChI is InChI=1S/C11H16N4O/c12-8-10(14-15-11(13)16)7-6-9-4-2-1-3-5-9/h1-5H,6-8,12H2,(H3,13,15,16). The van der Waals surface area contributed by atoms with E-state index in [1.165, 1.54) is 5.56 Å². The molecule has 0 heterocycles. The summed E-state index contributed by atoms with van der Waals surface area (Å²) in [6, 6.07) is 9.33. The lowest BCUT2D eigenvalue weighted by Crippen LogP contribution is -2.27. The number of urea groups is 1. The first kappa shape index (κ1) is 12.2. The number of nitrogens with two attached hydrogens (primary N) is 2. The average molecular weight is 220 g/mol. The van der Waals surface area contributed by atoms with Crippen LogP contribution in [0.4, 0.5) is 4.79 Å². The highest BCUT2D eigenvalue weighted by atomic mass is 16.2. The summed E-state index contributed by atoms with van der Waals surface area (Å²) in [4.78, 5) is 10.5. The minimum Gasteiger partial charge on any atom is -0.350 e. The zero-order chi connectivity index (χ0) is 11.8. The van der Waals surface area contributed by atoms with Gasteiger partial charge in [0.2, 0.25) is 0 Å². The molecule has 0 aliphatic heterocycles. The second-order valence-corrected chi connectivity index (χ2v) is 3.34. The number of amides is 2. The van der Waals surface area contributed by atoms with Crippen molar-refractivity contribution in [2.24, 2.45) is 16.6 Å². The second-order valence-electron chi connectivity index (χ2n) is 3.34. The molecule has 0 aliphatic carbocycles. The van der Waals surface area contributed by atoms with Crippen molar-refractivity contribution in [1.29, 1.82) is 0 Å². The van der Waals surface area contributed by atoms with Crippen molar-refractivity contribution in [2.45, 2.75) is 12.8 Å². The molecule has 0 unspecified atom stereocenters. The minimum atomic E-state index is -0.675. The first-order valence-corrected chi connectivity index (χ1v) is 5.07. The van der Waals surface area contributed by atoms with Crippen LogP contribution in [-0.2, 0) is 6.42 Å². The molecule has 0 fully saturated rings. The van der Waals surface area contributed by atoms with Gasteiger partial charge in [-0.05, 0) is 18.4 Å². The Labute approximate surface area is 94.5 Å². The fraction of sp³-hybridized carbons (Fsp3) is 0.273. The number of hydrogen-bond acceptors (Lipinski definition) is 3. The molecule has 1 rings (SSSR count). The van der Waals surface area contributed by atoms with Gasteiger partial charge in [-0.2, -0.15) is 5.10 Å². The zero-order valence-electron chi connectivity index (χ0n) is 9.02. The number of carbonyl (C=O) groups is 1. The molecule has 5 nitrogen and oxygen atoms in total. The molecule has 5 heteroatoms. The molecular formula is C11H16N4O.